The topological polar surface area (TPSA) is 79.0 Å². The van der Waals surface area contributed by atoms with Crippen molar-refractivity contribution in [3.05, 3.63) is 45.4 Å². The van der Waals surface area contributed by atoms with Gasteiger partial charge in [-0.2, -0.15) is 5.26 Å². The van der Waals surface area contributed by atoms with E-state index in [2.05, 4.69) is 11.4 Å². The summed E-state index contributed by atoms with van der Waals surface area (Å²) >= 11 is 1.62. The minimum atomic E-state index is -0.663. The summed E-state index contributed by atoms with van der Waals surface area (Å²) in [4.78, 5) is 10.3. The number of nitrogens with zero attached hydrogens (tertiary/aromatic N) is 2. The molecule has 1 aromatic carbocycles. The quantitative estimate of drug-likeness (QED) is 0.679. The van der Waals surface area contributed by atoms with Crippen molar-refractivity contribution in [2.24, 2.45) is 0 Å². The minimum absolute atomic E-state index is 0.113. The normalized spacial score (nSPS) is 17.9. The molecule has 1 aliphatic rings. The third-order valence-corrected chi connectivity index (χ3v) is 4.44. The molecule has 5 nitrogen and oxygen atoms in total. The first kappa shape index (κ1) is 14.3. The zero-order chi connectivity index (χ0) is 14.7. The number of nitro groups is 1. The fourth-order valence-corrected chi connectivity index (χ4v) is 3.22. The summed E-state index contributed by atoms with van der Waals surface area (Å²) in [5, 5.41) is 23.1. The van der Waals surface area contributed by atoms with Gasteiger partial charge >= 0.3 is 0 Å². The second-order valence-electron chi connectivity index (χ2n) is 4.26. The Morgan fingerprint density at radius 3 is 3.00 bits per heavy atom. The second kappa shape index (κ2) is 5.92. The summed E-state index contributed by atoms with van der Waals surface area (Å²) in [5.41, 5.74) is 1.14. The van der Waals surface area contributed by atoms with Crippen LogP contribution < -0.4 is 5.32 Å². The maximum atomic E-state index is 13.1. The first-order chi connectivity index (χ1) is 9.56. The first-order valence-electron chi connectivity index (χ1n) is 6.02. The van der Waals surface area contributed by atoms with Crippen molar-refractivity contribution < 1.29 is 9.31 Å². The molecular formula is C13H12FN3O2S. The van der Waals surface area contributed by atoms with Crippen LogP contribution in [0.4, 0.5) is 15.8 Å². The molecule has 0 aromatic heterocycles. The van der Waals surface area contributed by atoms with Gasteiger partial charge in [0.15, 0.2) is 0 Å². The van der Waals surface area contributed by atoms with E-state index in [4.69, 9.17) is 0 Å². The number of thioether (sulfide) groups is 1. The number of nitro benzene ring substituents is 1. The summed E-state index contributed by atoms with van der Waals surface area (Å²) in [6, 6.07) is 5.49. The number of rotatable bonds is 4. The van der Waals surface area contributed by atoms with Crippen molar-refractivity contribution >= 4 is 23.1 Å². The van der Waals surface area contributed by atoms with Crippen molar-refractivity contribution in [2.75, 3.05) is 11.1 Å². The lowest BCUT2D eigenvalue weighted by atomic mass is 10.1. The molecule has 0 radical (unpaired) electrons. The molecule has 0 bridgehead atoms. The molecule has 1 unspecified atom stereocenters. The molecule has 0 saturated carbocycles. The van der Waals surface area contributed by atoms with Crippen LogP contribution in [0.2, 0.25) is 0 Å². The maximum absolute atomic E-state index is 13.1. The van der Waals surface area contributed by atoms with Gasteiger partial charge in [0.1, 0.15) is 11.5 Å². The Bertz CT molecular complexity index is 625. The third kappa shape index (κ3) is 2.75. The molecule has 1 heterocycles. The van der Waals surface area contributed by atoms with Gasteiger partial charge in [-0.1, -0.05) is 6.92 Å². The summed E-state index contributed by atoms with van der Waals surface area (Å²) in [5.74, 6) is -0.0698. The first-order valence-corrected chi connectivity index (χ1v) is 7.07. The molecule has 0 spiro atoms. The summed E-state index contributed by atoms with van der Waals surface area (Å²) in [6.45, 7) is 1.98. The van der Waals surface area contributed by atoms with Crippen LogP contribution in [-0.2, 0) is 0 Å². The van der Waals surface area contributed by atoms with E-state index in [-0.39, 0.29) is 16.6 Å². The van der Waals surface area contributed by atoms with Crippen LogP contribution in [0.3, 0.4) is 0 Å². The summed E-state index contributed by atoms with van der Waals surface area (Å²) < 4.78 is 13.1. The van der Waals surface area contributed by atoms with Gasteiger partial charge in [0, 0.05) is 16.7 Å². The third-order valence-electron chi connectivity index (χ3n) is 3.01. The highest BCUT2D eigenvalue weighted by Gasteiger charge is 2.26. The lowest BCUT2D eigenvalue weighted by molar-refractivity contribution is -0.384. The van der Waals surface area contributed by atoms with E-state index in [1.54, 1.807) is 11.8 Å². The predicted molar refractivity (Wildman–Crippen MR) is 75.9 cm³/mol. The summed E-state index contributed by atoms with van der Waals surface area (Å²) in [6.07, 6.45) is 0.824. The zero-order valence-corrected chi connectivity index (χ0v) is 11.5. The molecule has 1 atom stereocenters. The van der Waals surface area contributed by atoms with E-state index in [1.807, 2.05) is 6.92 Å². The van der Waals surface area contributed by atoms with E-state index < -0.39 is 10.7 Å². The van der Waals surface area contributed by atoms with Crippen molar-refractivity contribution in [2.45, 2.75) is 18.6 Å². The number of benzene rings is 1. The highest BCUT2D eigenvalue weighted by Crippen LogP contribution is 2.36. The molecule has 1 aromatic rings. The molecule has 1 N–H and O–H groups in total. The Morgan fingerprint density at radius 2 is 2.40 bits per heavy atom. The lowest BCUT2D eigenvalue weighted by Crippen LogP contribution is -2.06. The molecule has 104 valence electrons. The molecule has 1 aliphatic heterocycles. The number of anilines is 1. The van der Waals surface area contributed by atoms with Crippen LogP contribution >= 0.6 is 11.8 Å². The van der Waals surface area contributed by atoms with Crippen molar-refractivity contribution in [3.8, 4) is 6.07 Å². The fourth-order valence-electron chi connectivity index (χ4n) is 2.03. The maximum Gasteiger partial charge on any atom is 0.295 e. The molecule has 2 rings (SSSR count). The molecule has 0 saturated heterocycles. The molecule has 0 amide bonds. The molecule has 20 heavy (non-hydrogen) atoms. The number of hydrogen-bond donors (Lipinski definition) is 1. The Kier molecular flexibility index (Phi) is 4.25. The smallest absolute Gasteiger partial charge is 0.295 e. The molecular weight excluding hydrogens is 281 g/mol. The van der Waals surface area contributed by atoms with E-state index in [1.165, 1.54) is 6.07 Å². The van der Waals surface area contributed by atoms with Crippen LogP contribution in [0.25, 0.3) is 0 Å². The largest absolute Gasteiger partial charge is 0.352 e. The lowest BCUT2D eigenvalue weighted by Gasteiger charge is -2.08. The number of nitriles is 1. The van der Waals surface area contributed by atoms with E-state index in [9.17, 15) is 19.8 Å². The zero-order valence-electron chi connectivity index (χ0n) is 10.7. The summed E-state index contributed by atoms with van der Waals surface area (Å²) in [7, 11) is 0. The van der Waals surface area contributed by atoms with E-state index in [0.717, 1.165) is 18.6 Å². The SMILES string of the molecule is CCC1SCC(Nc2ccc(F)cc2[N+](=O)[O-])=C1C#N. The molecule has 0 fully saturated rings. The van der Waals surface area contributed by atoms with Crippen molar-refractivity contribution in [3.63, 3.8) is 0 Å². The van der Waals surface area contributed by atoms with Crippen LogP contribution in [0.1, 0.15) is 13.3 Å². The fraction of sp³-hybridized carbons (Fsp3) is 0.308. The van der Waals surface area contributed by atoms with Crippen molar-refractivity contribution in [1.29, 1.82) is 5.26 Å². The van der Waals surface area contributed by atoms with E-state index >= 15 is 0 Å². The van der Waals surface area contributed by atoms with Gasteiger partial charge < -0.3 is 5.32 Å². The Morgan fingerprint density at radius 1 is 1.65 bits per heavy atom. The monoisotopic (exact) mass is 293 g/mol. The number of hydrogen-bond acceptors (Lipinski definition) is 5. The molecule has 0 aliphatic carbocycles. The predicted octanol–water partition coefficient (Wildman–Crippen LogP) is 3.45. The van der Waals surface area contributed by atoms with Crippen LogP contribution in [0, 0.1) is 27.3 Å². The standard InChI is InChI=1S/C13H12FN3O2S/c1-2-13-9(6-15)11(7-20-13)16-10-4-3-8(14)5-12(10)17(18)19/h3-5,13,16H,2,7H2,1H3. The van der Waals surface area contributed by atoms with E-state index in [0.29, 0.717) is 17.0 Å². The van der Waals surface area contributed by atoms with Gasteiger partial charge in [-0.3, -0.25) is 10.1 Å². The van der Waals surface area contributed by atoms with Gasteiger partial charge in [-0.05, 0) is 18.6 Å². The highest BCUT2D eigenvalue weighted by atomic mass is 32.2. The van der Waals surface area contributed by atoms with Crippen molar-refractivity contribution in [1.82, 2.24) is 0 Å². The Hall–Kier alpha value is -2.07. The van der Waals surface area contributed by atoms with Gasteiger partial charge in [0.2, 0.25) is 0 Å². The van der Waals surface area contributed by atoms with Crippen LogP contribution in [-0.4, -0.2) is 15.9 Å². The minimum Gasteiger partial charge on any atom is -0.352 e. The average Bonchev–Trinajstić information content (AvgIpc) is 2.82. The second-order valence-corrected chi connectivity index (χ2v) is 5.45. The van der Waals surface area contributed by atoms with Gasteiger partial charge in [0.05, 0.1) is 22.6 Å². The van der Waals surface area contributed by atoms with Crippen LogP contribution in [0.15, 0.2) is 29.5 Å². The Labute approximate surface area is 119 Å². The number of nitrogens with one attached hydrogen (secondary N) is 1. The highest BCUT2D eigenvalue weighted by molar-refractivity contribution is 8.00. The van der Waals surface area contributed by atoms with Gasteiger partial charge in [-0.15, -0.1) is 11.8 Å². The average molecular weight is 293 g/mol. The Balaban J connectivity index is 2.36. The van der Waals surface area contributed by atoms with Crippen LogP contribution in [0.5, 0.6) is 0 Å². The van der Waals surface area contributed by atoms with Gasteiger partial charge in [-0.25, -0.2) is 4.39 Å². The number of halogens is 1. The molecule has 7 heteroatoms. The van der Waals surface area contributed by atoms with Gasteiger partial charge in [0.25, 0.3) is 5.69 Å².